The first kappa shape index (κ1) is 17.2. The normalized spacial score (nSPS) is 11.5. The van der Waals surface area contributed by atoms with Crippen LogP contribution in [-0.2, 0) is 4.74 Å². The molecule has 21 heavy (non-hydrogen) atoms. The average Bonchev–Trinajstić information content (AvgIpc) is 2.47. The fraction of sp³-hybridized carbons (Fsp3) is 0.438. The van der Waals surface area contributed by atoms with Crippen molar-refractivity contribution in [3.8, 4) is 11.8 Å². The van der Waals surface area contributed by atoms with Gasteiger partial charge in [0.2, 0.25) is 0 Å². The summed E-state index contributed by atoms with van der Waals surface area (Å²) in [5, 5.41) is 8.68. The predicted octanol–water partition coefficient (Wildman–Crippen LogP) is 1.67. The van der Waals surface area contributed by atoms with Crippen LogP contribution in [0.3, 0.4) is 0 Å². The number of aliphatic hydroxyl groups is 1. The van der Waals surface area contributed by atoms with E-state index in [9.17, 15) is 9.18 Å². The van der Waals surface area contributed by atoms with Crippen LogP contribution in [0.4, 0.5) is 4.39 Å². The molecule has 1 atom stereocenters. The quantitative estimate of drug-likeness (QED) is 0.840. The van der Waals surface area contributed by atoms with Gasteiger partial charge in [0.15, 0.2) is 0 Å². The van der Waals surface area contributed by atoms with Crippen molar-refractivity contribution in [2.24, 2.45) is 0 Å². The molecule has 1 aromatic carbocycles. The highest BCUT2D eigenvalue weighted by Gasteiger charge is 2.22. The third kappa shape index (κ3) is 4.55. The molecule has 0 radical (unpaired) electrons. The third-order valence-electron chi connectivity index (χ3n) is 3.05. The molecule has 0 spiro atoms. The van der Waals surface area contributed by atoms with Gasteiger partial charge in [0.25, 0.3) is 5.91 Å². The molecule has 0 saturated heterocycles. The number of carbonyl (C=O) groups excluding carboxylic acids is 1. The molecule has 0 aliphatic rings. The fourth-order valence-electron chi connectivity index (χ4n) is 2.05. The number of aliphatic hydroxyl groups excluding tert-OH is 1. The number of hydrogen-bond donors (Lipinski definition) is 1. The number of ether oxygens (including phenoxy) is 1. The molecule has 1 rings (SSSR count). The van der Waals surface area contributed by atoms with E-state index in [0.29, 0.717) is 18.7 Å². The van der Waals surface area contributed by atoms with E-state index in [1.807, 2.05) is 13.8 Å². The summed E-state index contributed by atoms with van der Waals surface area (Å²) in [6.07, 6.45) is 0. The Morgan fingerprint density at radius 2 is 2.24 bits per heavy atom. The molecule has 0 fully saturated rings. The topological polar surface area (TPSA) is 49.8 Å². The Kier molecular flexibility index (Phi) is 6.86. The number of benzene rings is 1. The van der Waals surface area contributed by atoms with E-state index in [1.54, 1.807) is 12.0 Å². The van der Waals surface area contributed by atoms with Crippen LogP contribution in [0.15, 0.2) is 18.2 Å². The number of amides is 1. The maximum atomic E-state index is 13.9. The molecule has 0 aliphatic heterocycles. The maximum absolute atomic E-state index is 13.9. The fourth-order valence-corrected chi connectivity index (χ4v) is 2.05. The van der Waals surface area contributed by atoms with E-state index in [-0.39, 0.29) is 18.2 Å². The molecule has 1 aromatic rings. The van der Waals surface area contributed by atoms with Crippen molar-refractivity contribution in [2.75, 3.05) is 26.9 Å². The zero-order valence-electron chi connectivity index (χ0n) is 12.5. The van der Waals surface area contributed by atoms with Gasteiger partial charge in [0, 0.05) is 19.2 Å². The van der Waals surface area contributed by atoms with Crippen molar-refractivity contribution in [1.82, 2.24) is 4.90 Å². The largest absolute Gasteiger partial charge is 0.384 e. The van der Waals surface area contributed by atoms with E-state index in [4.69, 9.17) is 9.84 Å². The number of methoxy groups -OCH3 is 1. The lowest BCUT2D eigenvalue weighted by Crippen LogP contribution is -2.41. The molecule has 4 nitrogen and oxygen atoms in total. The van der Waals surface area contributed by atoms with Gasteiger partial charge in [-0.05, 0) is 32.0 Å². The Hall–Kier alpha value is -1.90. The van der Waals surface area contributed by atoms with Gasteiger partial charge in [-0.1, -0.05) is 11.8 Å². The Morgan fingerprint density at radius 1 is 1.52 bits per heavy atom. The third-order valence-corrected chi connectivity index (χ3v) is 3.05. The summed E-state index contributed by atoms with van der Waals surface area (Å²) in [5.74, 6) is 4.16. The summed E-state index contributed by atoms with van der Waals surface area (Å²) >= 11 is 0. The van der Waals surface area contributed by atoms with Crippen LogP contribution in [0.2, 0.25) is 0 Å². The van der Waals surface area contributed by atoms with Crippen molar-refractivity contribution in [2.45, 2.75) is 19.9 Å². The molecule has 0 aromatic heterocycles. The Labute approximate surface area is 124 Å². The average molecular weight is 293 g/mol. The van der Waals surface area contributed by atoms with Crippen molar-refractivity contribution in [3.63, 3.8) is 0 Å². The van der Waals surface area contributed by atoms with Gasteiger partial charge in [0.05, 0.1) is 18.2 Å². The van der Waals surface area contributed by atoms with Crippen molar-refractivity contribution < 1.29 is 19.0 Å². The predicted molar refractivity (Wildman–Crippen MR) is 78.4 cm³/mol. The minimum absolute atomic E-state index is 0.0236. The second-order valence-corrected chi connectivity index (χ2v) is 4.55. The van der Waals surface area contributed by atoms with Crippen molar-refractivity contribution in [1.29, 1.82) is 0 Å². The highest BCUT2D eigenvalue weighted by atomic mass is 19.1. The number of rotatable bonds is 5. The molecule has 1 N–H and O–H groups in total. The van der Waals surface area contributed by atoms with Crippen LogP contribution < -0.4 is 0 Å². The molecule has 0 heterocycles. The van der Waals surface area contributed by atoms with Crippen LogP contribution in [-0.4, -0.2) is 48.8 Å². The van der Waals surface area contributed by atoms with Crippen LogP contribution in [0.25, 0.3) is 0 Å². The second-order valence-electron chi connectivity index (χ2n) is 4.55. The molecule has 5 heteroatoms. The summed E-state index contributed by atoms with van der Waals surface area (Å²) in [7, 11) is 1.56. The van der Waals surface area contributed by atoms with Gasteiger partial charge in [-0.2, -0.15) is 0 Å². The van der Waals surface area contributed by atoms with Gasteiger partial charge in [-0.15, -0.1) is 0 Å². The standard InChI is InChI=1S/C16H20FNO3/c1-4-18(12(2)11-21-3)16(20)14-10-13(6-5-9-19)7-8-15(14)17/h7-8,10,12,19H,4,9,11H2,1-3H3. The van der Waals surface area contributed by atoms with E-state index >= 15 is 0 Å². The zero-order chi connectivity index (χ0) is 15.8. The maximum Gasteiger partial charge on any atom is 0.257 e. The zero-order valence-corrected chi connectivity index (χ0v) is 12.5. The van der Waals surface area contributed by atoms with E-state index in [0.717, 1.165) is 0 Å². The van der Waals surface area contributed by atoms with Gasteiger partial charge in [-0.25, -0.2) is 4.39 Å². The molecular weight excluding hydrogens is 273 g/mol. The SMILES string of the molecule is CCN(C(=O)c1cc(C#CCO)ccc1F)C(C)COC. The molecule has 0 aliphatic carbocycles. The van der Waals surface area contributed by atoms with E-state index in [2.05, 4.69) is 11.8 Å². The van der Waals surface area contributed by atoms with Crippen LogP contribution >= 0.6 is 0 Å². The van der Waals surface area contributed by atoms with Crippen molar-refractivity contribution >= 4 is 5.91 Å². The number of halogens is 1. The molecule has 1 unspecified atom stereocenters. The van der Waals surface area contributed by atoms with Gasteiger partial charge in [0.1, 0.15) is 12.4 Å². The van der Waals surface area contributed by atoms with E-state index in [1.165, 1.54) is 18.2 Å². The van der Waals surface area contributed by atoms with Crippen LogP contribution in [0.1, 0.15) is 29.8 Å². The molecule has 114 valence electrons. The molecule has 0 saturated carbocycles. The number of nitrogens with zero attached hydrogens (tertiary/aromatic N) is 1. The van der Waals surface area contributed by atoms with Crippen LogP contribution in [0.5, 0.6) is 0 Å². The summed E-state index contributed by atoms with van der Waals surface area (Å²) in [6.45, 7) is 4.22. The highest BCUT2D eigenvalue weighted by molar-refractivity contribution is 5.95. The van der Waals surface area contributed by atoms with Crippen molar-refractivity contribution in [3.05, 3.63) is 35.1 Å². The lowest BCUT2D eigenvalue weighted by Gasteiger charge is -2.27. The summed E-state index contributed by atoms with van der Waals surface area (Å²) < 4.78 is 19.0. The smallest absolute Gasteiger partial charge is 0.257 e. The van der Waals surface area contributed by atoms with E-state index < -0.39 is 11.7 Å². The Bertz CT molecular complexity index is 548. The first-order valence-corrected chi connectivity index (χ1v) is 6.74. The molecule has 1 amide bonds. The first-order chi connectivity index (χ1) is 10.0. The van der Waals surface area contributed by atoms with Gasteiger partial charge >= 0.3 is 0 Å². The molecule has 0 bridgehead atoms. The highest BCUT2D eigenvalue weighted by Crippen LogP contribution is 2.15. The minimum atomic E-state index is -0.586. The second kappa shape index (κ2) is 8.40. The van der Waals surface area contributed by atoms with Gasteiger partial charge in [-0.3, -0.25) is 4.79 Å². The molecular formula is C16H20FNO3. The number of carbonyl (C=O) groups is 1. The van der Waals surface area contributed by atoms with Gasteiger partial charge < -0.3 is 14.7 Å². The first-order valence-electron chi connectivity index (χ1n) is 6.74. The Morgan fingerprint density at radius 3 is 2.81 bits per heavy atom. The number of hydrogen-bond acceptors (Lipinski definition) is 3. The Balaban J connectivity index is 3.09. The number of likely N-dealkylation sites (N-methyl/N-ethyl adjacent to an activating group) is 1. The summed E-state index contributed by atoms with van der Waals surface area (Å²) in [4.78, 5) is 14.0. The summed E-state index contributed by atoms with van der Waals surface area (Å²) in [5.41, 5.74) is 0.466. The summed E-state index contributed by atoms with van der Waals surface area (Å²) in [6, 6.07) is 3.94. The van der Waals surface area contributed by atoms with Crippen LogP contribution in [0, 0.1) is 17.7 Å². The lowest BCUT2D eigenvalue weighted by molar-refractivity contribution is 0.0575. The minimum Gasteiger partial charge on any atom is -0.384 e. The lowest BCUT2D eigenvalue weighted by atomic mass is 10.1. The monoisotopic (exact) mass is 293 g/mol.